The van der Waals surface area contributed by atoms with Crippen LogP contribution >= 0.6 is 0 Å². The van der Waals surface area contributed by atoms with Crippen LogP contribution in [0.15, 0.2) is 30.3 Å². The van der Waals surface area contributed by atoms with Crippen molar-refractivity contribution in [2.45, 2.75) is 84.8 Å². The van der Waals surface area contributed by atoms with Crippen LogP contribution in [-0.4, -0.2) is 54.2 Å². The Kier molecular flexibility index (Phi) is 14.0. The summed E-state index contributed by atoms with van der Waals surface area (Å²) < 4.78 is 0. The minimum atomic E-state index is -0.961. The van der Waals surface area contributed by atoms with Crippen LogP contribution in [0, 0.1) is 11.8 Å². The number of hydrogen-bond acceptors (Lipinski definition) is 5. The third kappa shape index (κ3) is 12.9. The molecule has 0 saturated carbocycles. The van der Waals surface area contributed by atoms with Crippen molar-refractivity contribution in [2.24, 2.45) is 17.6 Å². The van der Waals surface area contributed by atoms with Gasteiger partial charge in [0.25, 0.3) is 0 Å². The summed E-state index contributed by atoms with van der Waals surface area (Å²) in [6.07, 6.45) is 2.45. The molecule has 37 heavy (non-hydrogen) atoms. The van der Waals surface area contributed by atoms with Crippen LogP contribution in [0.4, 0.5) is 0 Å². The quantitative estimate of drug-likeness (QED) is 0.208. The molecule has 4 atom stereocenters. The molecule has 0 aliphatic rings. The molecule has 5 amide bonds. The second kappa shape index (κ2) is 16.3. The highest BCUT2D eigenvalue weighted by atomic mass is 16.2. The Balaban J connectivity index is 2.79. The molecule has 0 fully saturated rings. The van der Waals surface area contributed by atoms with Crippen LogP contribution < -0.4 is 27.0 Å². The lowest BCUT2D eigenvalue weighted by atomic mass is 9.97. The summed E-state index contributed by atoms with van der Waals surface area (Å²) in [4.78, 5) is 61.4. The largest absolute Gasteiger partial charge is 0.368 e. The fourth-order valence-corrected chi connectivity index (χ4v) is 3.89. The number of unbranched alkanes of at least 4 members (excludes halogenated alkanes) is 1. The summed E-state index contributed by atoms with van der Waals surface area (Å²) in [6, 6.07) is 6.56. The van der Waals surface area contributed by atoms with Gasteiger partial charge in [-0.3, -0.25) is 24.0 Å². The highest BCUT2D eigenvalue weighted by Crippen LogP contribution is 2.12. The van der Waals surface area contributed by atoms with E-state index < -0.39 is 35.8 Å². The van der Waals surface area contributed by atoms with Gasteiger partial charge in [0, 0.05) is 25.8 Å². The van der Waals surface area contributed by atoms with E-state index in [-0.39, 0.29) is 24.2 Å². The van der Waals surface area contributed by atoms with Crippen LogP contribution in [0.5, 0.6) is 0 Å². The van der Waals surface area contributed by atoms with Gasteiger partial charge in [0.05, 0.1) is 0 Å². The highest BCUT2D eigenvalue weighted by molar-refractivity contribution is 5.94. The standard InChI is InChI=1S/C27H43N5O5/c1-17(2)15-18(3)25(35)32-23(16-21-11-7-6-8-12-21)27(37)30-19(4)26(36)31-22(24(28)34)13-9-10-14-29-20(5)33/h6-8,11-12,17-19,22-23H,9-10,13-16H2,1-5H3,(H2,28,34)(H,29,33)(H,30,37)(H,31,36)(H,32,35)/t18-,19-,22-,23-/m0/s1. The van der Waals surface area contributed by atoms with Crippen molar-refractivity contribution in [1.82, 2.24) is 21.3 Å². The zero-order valence-electron chi connectivity index (χ0n) is 22.6. The van der Waals surface area contributed by atoms with Gasteiger partial charge in [0.2, 0.25) is 29.5 Å². The summed E-state index contributed by atoms with van der Waals surface area (Å²) in [5.41, 5.74) is 6.31. The molecule has 0 radical (unpaired) electrons. The van der Waals surface area contributed by atoms with Gasteiger partial charge in [-0.25, -0.2) is 0 Å². The first-order chi connectivity index (χ1) is 17.4. The number of rotatable bonds is 16. The van der Waals surface area contributed by atoms with E-state index in [1.165, 1.54) is 13.8 Å². The molecule has 1 aromatic rings. The second-order valence-electron chi connectivity index (χ2n) is 9.95. The Hall–Kier alpha value is -3.43. The summed E-state index contributed by atoms with van der Waals surface area (Å²) in [7, 11) is 0. The molecule has 0 aliphatic carbocycles. The smallest absolute Gasteiger partial charge is 0.243 e. The van der Waals surface area contributed by atoms with Gasteiger partial charge in [-0.15, -0.1) is 0 Å². The number of amides is 5. The molecule has 0 unspecified atom stereocenters. The average molecular weight is 518 g/mol. The molecule has 10 heteroatoms. The lowest BCUT2D eigenvalue weighted by Gasteiger charge is -2.24. The minimum absolute atomic E-state index is 0.138. The Morgan fingerprint density at radius 3 is 2.00 bits per heavy atom. The van der Waals surface area contributed by atoms with E-state index in [2.05, 4.69) is 21.3 Å². The van der Waals surface area contributed by atoms with Crippen LogP contribution in [0.25, 0.3) is 0 Å². The first-order valence-electron chi connectivity index (χ1n) is 12.9. The van der Waals surface area contributed by atoms with Gasteiger partial charge in [-0.2, -0.15) is 0 Å². The van der Waals surface area contributed by atoms with Gasteiger partial charge in [-0.1, -0.05) is 51.1 Å². The Bertz CT molecular complexity index is 906. The molecule has 1 aromatic carbocycles. The predicted molar refractivity (Wildman–Crippen MR) is 142 cm³/mol. The third-order valence-electron chi connectivity index (χ3n) is 5.89. The highest BCUT2D eigenvalue weighted by Gasteiger charge is 2.28. The molecule has 0 saturated heterocycles. The third-order valence-corrected chi connectivity index (χ3v) is 5.89. The van der Waals surface area contributed by atoms with Crippen LogP contribution in [0.3, 0.4) is 0 Å². The lowest BCUT2D eigenvalue weighted by molar-refractivity contribution is -0.133. The van der Waals surface area contributed by atoms with Gasteiger partial charge in [0.1, 0.15) is 18.1 Å². The van der Waals surface area contributed by atoms with Gasteiger partial charge in [-0.05, 0) is 44.1 Å². The van der Waals surface area contributed by atoms with E-state index in [0.29, 0.717) is 38.1 Å². The van der Waals surface area contributed by atoms with Gasteiger partial charge >= 0.3 is 0 Å². The molecule has 10 nitrogen and oxygen atoms in total. The summed E-state index contributed by atoms with van der Waals surface area (Å²) in [5.74, 6) is -2.04. The minimum Gasteiger partial charge on any atom is -0.368 e. The molecular formula is C27H43N5O5. The number of primary amides is 1. The zero-order valence-corrected chi connectivity index (χ0v) is 22.6. The van der Waals surface area contributed by atoms with E-state index in [1.807, 2.05) is 51.1 Å². The zero-order chi connectivity index (χ0) is 28.0. The average Bonchev–Trinajstić information content (AvgIpc) is 2.82. The first-order valence-corrected chi connectivity index (χ1v) is 12.9. The topological polar surface area (TPSA) is 159 Å². The normalized spacial score (nSPS) is 14.1. The fourth-order valence-electron chi connectivity index (χ4n) is 3.89. The van der Waals surface area contributed by atoms with Crippen LogP contribution in [-0.2, 0) is 30.4 Å². The van der Waals surface area contributed by atoms with Crippen molar-refractivity contribution in [3.8, 4) is 0 Å². The SMILES string of the molecule is CC(=O)NCCCC[C@H](NC(=O)[C@H](C)NC(=O)[C@H](Cc1ccccc1)NC(=O)[C@@H](C)CC(C)C)C(N)=O. The molecule has 6 N–H and O–H groups in total. The number of carbonyl (C=O) groups is 5. The van der Waals surface area contributed by atoms with E-state index in [1.54, 1.807) is 0 Å². The lowest BCUT2D eigenvalue weighted by Crippen LogP contribution is -2.56. The number of benzene rings is 1. The number of nitrogens with one attached hydrogen (secondary N) is 4. The van der Waals surface area contributed by atoms with E-state index in [4.69, 9.17) is 5.73 Å². The number of hydrogen-bond donors (Lipinski definition) is 5. The summed E-state index contributed by atoms with van der Waals surface area (Å²) >= 11 is 0. The van der Waals surface area contributed by atoms with Crippen molar-refractivity contribution in [3.63, 3.8) is 0 Å². The van der Waals surface area contributed by atoms with Crippen molar-refractivity contribution < 1.29 is 24.0 Å². The molecular weight excluding hydrogens is 474 g/mol. The maximum absolute atomic E-state index is 13.1. The molecule has 0 heterocycles. The summed E-state index contributed by atoms with van der Waals surface area (Å²) in [6.45, 7) is 9.27. The monoisotopic (exact) mass is 517 g/mol. The van der Waals surface area contributed by atoms with Crippen molar-refractivity contribution >= 4 is 29.5 Å². The van der Waals surface area contributed by atoms with Crippen molar-refractivity contribution in [2.75, 3.05) is 6.54 Å². The Labute approximate surface area is 219 Å². The predicted octanol–water partition coefficient (Wildman–Crippen LogP) is 1.18. The molecule has 0 aliphatic heterocycles. The molecule has 0 aromatic heterocycles. The first kappa shape index (κ1) is 31.6. The van der Waals surface area contributed by atoms with Crippen LogP contribution in [0.1, 0.15) is 65.9 Å². The van der Waals surface area contributed by atoms with Gasteiger partial charge < -0.3 is 27.0 Å². The van der Waals surface area contributed by atoms with Crippen LogP contribution in [0.2, 0.25) is 0 Å². The molecule has 0 bridgehead atoms. The maximum Gasteiger partial charge on any atom is 0.243 e. The molecule has 1 rings (SSSR count). The number of carbonyl (C=O) groups excluding carboxylic acids is 5. The maximum atomic E-state index is 13.1. The number of nitrogens with two attached hydrogens (primary N) is 1. The molecule has 206 valence electrons. The Morgan fingerprint density at radius 2 is 1.43 bits per heavy atom. The van der Waals surface area contributed by atoms with Crippen molar-refractivity contribution in [3.05, 3.63) is 35.9 Å². The van der Waals surface area contributed by atoms with Gasteiger partial charge in [0.15, 0.2) is 0 Å². The van der Waals surface area contributed by atoms with E-state index >= 15 is 0 Å². The van der Waals surface area contributed by atoms with E-state index in [9.17, 15) is 24.0 Å². The van der Waals surface area contributed by atoms with E-state index in [0.717, 1.165) is 5.56 Å². The van der Waals surface area contributed by atoms with Crippen molar-refractivity contribution in [1.29, 1.82) is 0 Å². The fraction of sp³-hybridized carbons (Fsp3) is 0.593. The summed E-state index contributed by atoms with van der Waals surface area (Å²) in [5, 5.41) is 10.7. The molecule has 0 spiro atoms. The Morgan fingerprint density at radius 1 is 0.811 bits per heavy atom. The second-order valence-corrected chi connectivity index (χ2v) is 9.95.